The highest BCUT2D eigenvalue weighted by Gasteiger charge is 2.24. The van der Waals surface area contributed by atoms with Crippen molar-refractivity contribution in [1.29, 1.82) is 0 Å². The van der Waals surface area contributed by atoms with Crippen LogP contribution in [0.3, 0.4) is 0 Å². The van der Waals surface area contributed by atoms with E-state index in [1.807, 2.05) is 54.6 Å². The lowest BCUT2D eigenvalue weighted by Gasteiger charge is -2.13. The van der Waals surface area contributed by atoms with Crippen molar-refractivity contribution in [3.05, 3.63) is 97.4 Å². The first kappa shape index (κ1) is 15.7. The maximum absolute atomic E-state index is 13.4. The summed E-state index contributed by atoms with van der Waals surface area (Å²) in [6.07, 6.45) is 0. The van der Waals surface area contributed by atoms with Gasteiger partial charge in [-0.15, -0.1) is 0 Å². The summed E-state index contributed by atoms with van der Waals surface area (Å²) in [5.74, 6) is 0. The highest BCUT2D eigenvalue weighted by molar-refractivity contribution is 7.90. The quantitative estimate of drug-likeness (QED) is 0.538. The van der Waals surface area contributed by atoms with Crippen LogP contribution in [0, 0.1) is 6.92 Å². The van der Waals surface area contributed by atoms with Crippen molar-refractivity contribution in [3.63, 3.8) is 0 Å². The van der Waals surface area contributed by atoms with Crippen LogP contribution in [-0.2, 0) is 10.0 Å². The third kappa shape index (κ3) is 2.55. The van der Waals surface area contributed by atoms with Crippen LogP contribution in [0.25, 0.3) is 22.2 Å². The Morgan fingerprint density at radius 3 is 2.16 bits per heavy atom. The van der Waals surface area contributed by atoms with Gasteiger partial charge in [0.2, 0.25) is 0 Å². The molecule has 1 heterocycles. The number of aromatic nitrogens is 1. The molecular formula is C21H16NO2S. The van der Waals surface area contributed by atoms with Gasteiger partial charge in [0, 0.05) is 10.9 Å². The average molecular weight is 346 g/mol. The van der Waals surface area contributed by atoms with E-state index >= 15 is 0 Å². The molecule has 4 rings (SSSR count). The summed E-state index contributed by atoms with van der Waals surface area (Å²) in [7, 11) is -3.73. The first-order valence-electron chi connectivity index (χ1n) is 7.91. The van der Waals surface area contributed by atoms with Crippen LogP contribution >= 0.6 is 0 Å². The zero-order valence-corrected chi connectivity index (χ0v) is 14.3. The molecule has 1 aromatic heterocycles. The van der Waals surface area contributed by atoms with Crippen molar-refractivity contribution < 1.29 is 8.42 Å². The van der Waals surface area contributed by atoms with Gasteiger partial charge < -0.3 is 0 Å². The summed E-state index contributed by atoms with van der Waals surface area (Å²) in [5, 5.41) is 0.875. The van der Waals surface area contributed by atoms with E-state index in [4.69, 9.17) is 0 Å². The Hall–Kier alpha value is -2.85. The van der Waals surface area contributed by atoms with E-state index in [1.54, 1.807) is 30.3 Å². The zero-order valence-electron chi connectivity index (χ0n) is 13.5. The lowest BCUT2D eigenvalue weighted by molar-refractivity contribution is 0.589. The van der Waals surface area contributed by atoms with Crippen LogP contribution in [0.2, 0.25) is 0 Å². The van der Waals surface area contributed by atoms with Crippen molar-refractivity contribution in [2.24, 2.45) is 0 Å². The monoisotopic (exact) mass is 346 g/mol. The summed E-state index contributed by atoms with van der Waals surface area (Å²) in [4.78, 5) is 0.263. The maximum atomic E-state index is 13.4. The van der Waals surface area contributed by atoms with Crippen LogP contribution in [0.4, 0.5) is 0 Å². The SMILES string of the molecule is [CH2]c1ccccc1-c1cc2ccccc2n1S(=O)(=O)c1ccccc1. The summed E-state index contributed by atoms with van der Waals surface area (Å²) >= 11 is 0. The van der Waals surface area contributed by atoms with Crippen molar-refractivity contribution in [2.45, 2.75) is 4.90 Å². The predicted octanol–water partition coefficient (Wildman–Crippen LogP) is 4.73. The van der Waals surface area contributed by atoms with Gasteiger partial charge in [0.1, 0.15) is 0 Å². The molecule has 0 aliphatic carbocycles. The molecule has 3 nitrogen and oxygen atoms in total. The number of hydrogen-bond donors (Lipinski definition) is 0. The summed E-state index contributed by atoms with van der Waals surface area (Å²) in [5.41, 5.74) is 2.87. The predicted molar refractivity (Wildman–Crippen MR) is 101 cm³/mol. The maximum Gasteiger partial charge on any atom is 0.268 e. The van der Waals surface area contributed by atoms with Crippen LogP contribution in [0.1, 0.15) is 5.56 Å². The van der Waals surface area contributed by atoms with E-state index < -0.39 is 10.0 Å². The molecule has 4 heteroatoms. The summed E-state index contributed by atoms with van der Waals surface area (Å²) < 4.78 is 28.1. The third-order valence-corrected chi connectivity index (χ3v) is 5.98. The first-order chi connectivity index (χ1) is 12.1. The Morgan fingerprint density at radius 2 is 1.40 bits per heavy atom. The van der Waals surface area contributed by atoms with Gasteiger partial charge in [-0.3, -0.25) is 0 Å². The fourth-order valence-corrected chi connectivity index (χ4v) is 4.59. The van der Waals surface area contributed by atoms with E-state index in [9.17, 15) is 8.42 Å². The molecule has 0 spiro atoms. The highest BCUT2D eigenvalue weighted by Crippen LogP contribution is 2.33. The zero-order chi connectivity index (χ0) is 17.4. The van der Waals surface area contributed by atoms with E-state index in [0.29, 0.717) is 11.2 Å². The van der Waals surface area contributed by atoms with Gasteiger partial charge in [-0.1, -0.05) is 60.7 Å². The number of hydrogen-bond acceptors (Lipinski definition) is 2. The van der Waals surface area contributed by atoms with E-state index in [2.05, 4.69) is 6.92 Å². The van der Waals surface area contributed by atoms with Gasteiger partial charge in [0.15, 0.2) is 0 Å². The van der Waals surface area contributed by atoms with Crippen LogP contribution in [-0.4, -0.2) is 12.4 Å². The molecule has 0 atom stereocenters. The second-order valence-corrected chi connectivity index (χ2v) is 7.61. The molecule has 0 fully saturated rings. The largest absolute Gasteiger partial charge is 0.268 e. The summed E-state index contributed by atoms with van der Waals surface area (Å²) in [6.45, 7) is 4.05. The Labute approximate surface area is 147 Å². The van der Waals surface area contributed by atoms with Crippen molar-refractivity contribution in [2.75, 3.05) is 0 Å². The van der Waals surface area contributed by atoms with Gasteiger partial charge in [0.25, 0.3) is 10.0 Å². The molecule has 0 amide bonds. The Morgan fingerprint density at radius 1 is 0.760 bits per heavy atom. The van der Waals surface area contributed by atoms with Gasteiger partial charge >= 0.3 is 0 Å². The number of fused-ring (bicyclic) bond motifs is 1. The van der Waals surface area contributed by atoms with Crippen molar-refractivity contribution in [1.82, 2.24) is 3.97 Å². The minimum atomic E-state index is -3.73. The highest BCUT2D eigenvalue weighted by atomic mass is 32.2. The standard InChI is InChI=1S/C21H16NO2S/c1-16-9-5-7-13-19(16)21-15-17-10-6-8-14-20(17)22(21)25(23,24)18-11-3-2-4-12-18/h2-15H,1H2. The molecular weight excluding hydrogens is 330 g/mol. The number of para-hydroxylation sites is 1. The Balaban J connectivity index is 2.10. The average Bonchev–Trinajstić information content (AvgIpc) is 3.03. The number of benzene rings is 3. The van der Waals surface area contributed by atoms with E-state index in [1.165, 1.54) is 3.97 Å². The van der Waals surface area contributed by atoms with Gasteiger partial charge in [-0.25, -0.2) is 12.4 Å². The smallest absolute Gasteiger partial charge is 0.233 e. The molecule has 0 bridgehead atoms. The second-order valence-electron chi connectivity index (χ2n) is 5.83. The van der Waals surface area contributed by atoms with Crippen LogP contribution in [0.15, 0.2) is 89.8 Å². The molecule has 0 unspecified atom stereocenters. The van der Waals surface area contributed by atoms with Gasteiger partial charge in [0.05, 0.1) is 16.1 Å². The van der Waals surface area contributed by atoms with Crippen molar-refractivity contribution in [3.8, 4) is 11.3 Å². The third-order valence-electron chi connectivity index (χ3n) is 4.24. The normalized spacial score (nSPS) is 11.7. The molecule has 1 radical (unpaired) electrons. The fraction of sp³-hybridized carbons (Fsp3) is 0. The molecule has 0 saturated carbocycles. The van der Waals surface area contributed by atoms with Gasteiger partial charge in [-0.2, -0.15) is 0 Å². The number of nitrogens with zero attached hydrogens (tertiary/aromatic N) is 1. The van der Waals surface area contributed by atoms with Crippen molar-refractivity contribution >= 4 is 20.9 Å². The summed E-state index contributed by atoms with van der Waals surface area (Å²) in [6, 6.07) is 25.5. The molecule has 0 aliphatic heterocycles. The van der Waals surface area contributed by atoms with Crippen LogP contribution < -0.4 is 0 Å². The lowest BCUT2D eigenvalue weighted by Crippen LogP contribution is -2.14. The minimum Gasteiger partial charge on any atom is -0.233 e. The number of rotatable bonds is 3. The molecule has 25 heavy (non-hydrogen) atoms. The first-order valence-corrected chi connectivity index (χ1v) is 9.35. The Kier molecular flexibility index (Phi) is 3.70. The molecule has 4 aromatic rings. The molecule has 3 aromatic carbocycles. The van der Waals surface area contributed by atoms with E-state index in [0.717, 1.165) is 16.5 Å². The fourth-order valence-electron chi connectivity index (χ4n) is 3.04. The molecule has 0 aliphatic rings. The van der Waals surface area contributed by atoms with Crippen LogP contribution in [0.5, 0.6) is 0 Å². The minimum absolute atomic E-state index is 0.263. The molecule has 123 valence electrons. The second kappa shape index (κ2) is 5.90. The molecule has 0 N–H and O–H groups in total. The Bertz CT molecular complexity index is 1160. The topological polar surface area (TPSA) is 39.1 Å². The lowest BCUT2D eigenvalue weighted by atomic mass is 10.1. The van der Waals surface area contributed by atoms with E-state index in [-0.39, 0.29) is 4.90 Å². The van der Waals surface area contributed by atoms with Gasteiger partial charge in [-0.05, 0) is 36.8 Å². The molecule has 0 saturated heterocycles.